The van der Waals surface area contributed by atoms with E-state index in [0.717, 1.165) is 100 Å². The molecule has 5 aromatic rings. The molecule has 0 bridgehead atoms. The lowest BCUT2D eigenvalue weighted by Gasteiger charge is -2.44. The van der Waals surface area contributed by atoms with Gasteiger partial charge in [-0.05, 0) is 69.4 Å². The van der Waals surface area contributed by atoms with Gasteiger partial charge in [-0.3, -0.25) is 38.7 Å². The quantitative estimate of drug-likeness (QED) is 0.194. The van der Waals surface area contributed by atoms with Crippen molar-refractivity contribution in [3.63, 3.8) is 0 Å². The summed E-state index contributed by atoms with van der Waals surface area (Å²) in [6, 6.07) is 7.80. The average molecular weight is 807 g/mol. The number of rotatable bonds is 8. The molecule has 0 atom stereocenters. The number of fused-ring (bicyclic) bond motifs is 2. The number of piperazine rings is 1. The zero-order chi connectivity index (χ0) is 40.2. The highest BCUT2D eigenvalue weighted by atomic mass is 35.5. The van der Waals surface area contributed by atoms with Crippen LogP contribution < -0.4 is 30.9 Å². The summed E-state index contributed by atoms with van der Waals surface area (Å²) in [4.78, 5) is 73.4. The van der Waals surface area contributed by atoms with Crippen LogP contribution in [0.2, 0.25) is 5.02 Å². The molecule has 2 N–H and O–H groups in total. The predicted molar refractivity (Wildman–Crippen MR) is 224 cm³/mol. The molecule has 1 saturated carbocycles. The minimum absolute atomic E-state index is 0.0109. The van der Waals surface area contributed by atoms with Crippen LogP contribution in [0.5, 0.6) is 0 Å². The predicted octanol–water partition coefficient (Wildman–Crippen LogP) is 5.33. The van der Waals surface area contributed by atoms with Crippen molar-refractivity contribution in [3.05, 3.63) is 63.2 Å². The van der Waals surface area contributed by atoms with Crippen molar-refractivity contribution in [1.82, 2.24) is 39.5 Å². The van der Waals surface area contributed by atoms with E-state index < -0.39 is 6.03 Å². The lowest BCUT2D eigenvalue weighted by molar-refractivity contribution is -0.120. The summed E-state index contributed by atoms with van der Waals surface area (Å²) in [6.07, 6.45) is 9.75. The summed E-state index contributed by atoms with van der Waals surface area (Å²) < 4.78 is 3.51. The molecule has 1 aliphatic carbocycles. The lowest BCUT2D eigenvalue weighted by Crippen LogP contribution is -2.53. The zero-order valence-corrected chi connectivity index (χ0v) is 33.8. The van der Waals surface area contributed by atoms with Gasteiger partial charge in [0.2, 0.25) is 11.9 Å². The van der Waals surface area contributed by atoms with Crippen LogP contribution in [-0.2, 0) is 11.8 Å². The van der Waals surface area contributed by atoms with Crippen molar-refractivity contribution in [2.45, 2.75) is 70.9 Å². The number of carbonyl (C=O) groups excluding carboxylic acids is 3. The summed E-state index contributed by atoms with van der Waals surface area (Å²) in [7, 11) is 1.87. The molecule has 7 heterocycles. The number of carbonyl (C=O) groups is 3. The van der Waals surface area contributed by atoms with Gasteiger partial charge >= 0.3 is 6.03 Å². The number of aromatic nitrogens is 6. The van der Waals surface area contributed by atoms with Gasteiger partial charge in [0.15, 0.2) is 11.6 Å². The van der Waals surface area contributed by atoms with Crippen LogP contribution in [-0.4, -0.2) is 104 Å². The van der Waals surface area contributed by atoms with Gasteiger partial charge in [0.05, 0.1) is 33.7 Å². The van der Waals surface area contributed by atoms with Gasteiger partial charge in [-0.2, -0.15) is 10.1 Å². The van der Waals surface area contributed by atoms with Crippen LogP contribution in [0.1, 0.15) is 73.8 Å². The molecule has 16 nitrogen and oxygen atoms in total. The standard InChI is InChI=1S/C41H47ClN12O4/c1-24-30-23-44-40(47-37(30)54(27-6-4-5-7-27)39(57)34(24)25(2)55)45-32-11-8-28(22-43-32)50-15-12-26(13-16-50)51-18-20-52(21-19-51)36-31(42)10-9-29-35(36)49(3)48-38(29)53-17-14-33(56)46-41(53)58/h8-11,22-23,26-27H,4-7,12-21H2,1-3H3,(H,46,56,58)(H,43,44,45,47). The molecular weight excluding hydrogens is 760 g/mol. The molecule has 3 saturated heterocycles. The van der Waals surface area contributed by atoms with E-state index in [9.17, 15) is 19.2 Å². The zero-order valence-electron chi connectivity index (χ0n) is 33.0. The number of nitrogens with zero attached hydrogens (tertiary/aromatic N) is 10. The van der Waals surface area contributed by atoms with Gasteiger partial charge in [-0.15, -0.1) is 0 Å². The molecule has 3 aliphatic heterocycles. The van der Waals surface area contributed by atoms with Gasteiger partial charge in [0.25, 0.3) is 5.56 Å². The monoisotopic (exact) mass is 806 g/mol. The summed E-state index contributed by atoms with van der Waals surface area (Å²) in [5.74, 6) is 0.965. The summed E-state index contributed by atoms with van der Waals surface area (Å²) in [5, 5.41) is 12.5. The van der Waals surface area contributed by atoms with Gasteiger partial charge in [-0.1, -0.05) is 24.4 Å². The van der Waals surface area contributed by atoms with Gasteiger partial charge in [0, 0.05) is 88.3 Å². The number of piperidine rings is 1. The first kappa shape index (κ1) is 37.9. The highest BCUT2D eigenvalue weighted by Gasteiger charge is 2.33. The SMILES string of the molecule is CC(=O)c1c(C)c2cnc(Nc3ccc(N4CCC(N5CCN(c6c(Cl)ccc7c(N8CCC(=O)NC8=O)nn(C)c67)CC5)CC4)cn3)nc2n(C2CCCC2)c1=O. The molecule has 58 heavy (non-hydrogen) atoms. The second kappa shape index (κ2) is 15.3. The van der Waals surface area contributed by atoms with Gasteiger partial charge in [-0.25, -0.2) is 14.8 Å². The molecule has 17 heteroatoms. The number of halogens is 1. The summed E-state index contributed by atoms with van der Waals surface area (Å²) in [5.41, 5.74) is 3.97. The Hall–Kier alpha value is -5.61. The molecule has 1 aromatic carbocycles. The third-order valence-electron chi connectivity index (χ3n) is 12.4. The van der Waals surface area contributed by atoms with Crippen LogP contribution >= 0.6 is 11.6 Å². The second-order valence-corrected chi connectivity index (χ2v) is 16.3. The van der Waals surface area contributed by atoms with E-state index in [4.69, 9.17) is 26.7 Å². The third-order valence-corrected chi connectivity index (χ3v) is 12.7. The topological polar surface area (TPSA) is 167 Å². The van der Waals surface area contributed by atoms with Crippen molar-refractivity contribution >= 4 is 80.2 Å². The van der Waals surface area contributed by atoms with Gasteiger partial charge < -0.3 is 15.1 Å². The number of ketones is 1. The third kappa shape index (κ3) is 6.81. The first-order valence-corrected chi connectivity index (χ1v) is 20.6. The average Bonchev–Trinajstić information content (AvgIpc) is 3.86. The van der Waals surface area contributed by atoms with E-state index in [1.165, 1.54) is 11.8 Å². The maximum absolute atomic E-state index is 13.6. The molecule has 0 radical (unpaired) electrons. The first-order valence-electron chi connectivity index (χ1n) is 20.2. The number of urea groups is 1. The summed E-state index contributed by atoms with van der Waals surface area (Å²) in [6.45, 7) is 8.81. The number of benzene rings is 1. The van der Waals surface area contributed by atoms with E-state index in [1.54, 1.807) is 22.4 Å². The van der Waals surface area contributed by atoms with E-state index in [0.29, 0.717) is 45.2 Å². The maximum atomic E-state index is 13.6. The fourth-order valence-corrected chi connectivity index (χ4v) is 9.72. The first-order chi connectivity index (χ1) is 28.0. The fourth-order valence-electron chi connectivity index (χ4n) is 9.45. The van der Waals surface area contributed by atoms with Crippen LogP contribution in [0.3, 0.4) is 0 Å². The van der Waals surface area contributed by atoms with Gasteiger partial charge in [0.1, 0.15) is 11.5 Å². The Kier molecular flexibility index (Phi) is 10.00. The highest BCUT2D eigenvalue weighted by Crippen LogP contribution is 2.39. The normalized spacial score (nSPS) is 18.8. The van der Waals surface area contributed by atoms with E-state index in [-0.39, 0.29) is 41.8 Å². The van der Waals surface area contributed by atoms with Crippen LogP contribution in [0.15, 0.2) is 41.5 Å². The molecule has 4 fully saturated rings. The molecule has 3 amide bonds. The molecule has 4 aromatic heterocycles. The minimum Gasteiger partial charge on any atom is -0.370 e. The Morgan fingerprint density at radius 3 is 2.31 bits per heavy atom. The number of Topliss-reactive ketones (excluding diaryl/α,β-unsaturated/α-hetero) is 1. The van der Waals surface area contributed by atoms with E-state index in [2.05, 4.69) is 36.4 Å². The second-order valence-electron chi connectivity index (χ2n) is 15.9. The molecular formula is C41H47ClN12O4. The minimum atomic E-state index is -0.458. The van der Waals surface area contributed by atoms with E-state index in [1.807, 2.05) is 31.4 Å². The number of imide groups is 1. The Labute approximate surface area is 340 Å². The number of amides is 3. The highest BCUT2D eigenvalue weighted by molar-refractivity contribution is 6.35. The Morgan fingerprint density at radius 1 is 0.862 bits per heavy atom. The smallest absolute Gasteiger partial charge is 0.329 e. The molecule has 302 valence electrons. The number of aryl methyl sites for hydroxylation is 2. The summed E-state index contributed by atoms with van der Waals surface area (Å²) >= 11 is 6.86. The molecule has 9 rings (SSSR count). The number of nitrogens with one attached hydrogen (secondary N) is 2. The van der Waals surface area contributed by atoms with Crippen molar-refractivity contribution in [3.8, 4) is 0 Å². The van der Waals surface area contributed by atoms with Crippen molar-refractivity contribution in [2.75, 3.05) is 65.8 Å². The van der Waals surface area contributed by atoms with Crippen molar-refractivity contribution < 1.29 is 14.4 Å². The Morgan fingerprint density at radius 2 is 1.62 bits per heavy atom. The lowest BCUT2D eigenvalue weighted by atomic mass is 10.0. The fraction of sp³-hybridized carbons (Fsp3) is 0.463. The number of hydrogen-bond acceptors (Lipinski definition) is 12. The molecule has 0 spiro atoms. The number of anilines is 5. The molecule has 0 unspecified atom stereocenters. The molecule has 4 aliphatic rings. The van der Waals surface area contributed by atoms with Crippen molar-refractivity contribution in [2.24, 2.45) is 7.05 Å². The Balaban J connectivity index is 0.831. The largest absolute Gasteiger partial charge is 0.370 e. The van der Waals surface area contributed by atoms with E-state index >= 15 is 0 Å². The van der Waals surface area contributed by atoms with Crippen LogP contribution in [0, 0.1) is 6.92 Å². The Bertz CT molecular complexity index is 2500. The number of pyridine rings is 2. The van der Waals surface area contributed by atoms with Crippen LogP contribution in [0.4, 0.5) is 33.8 Å². The maximum Gasteiger partial charge on any atom is 0.329 e. The number of hydrogen-bond donors (Lipinski definition) is 2. The van der Waals surface area contributed by atoms with Crippen LogP contribution in [0.25, 0.3) is 21.9 Å². The van der Waals surface area contributed by atoms with Crippen molar-refractivity contribution in [1.29, 1.82) is 0 Å².